The van der Waals surface area contributed by atoms with Crippen LogP contribution in [0, 0.1) is 0 Å². The molecule has 0 rings (SSSR count). The van der Waals surface area contributed by atoms with Gasteiger partial charge in [0.05, 0.1) is 0 Å². The van der Waals surface area contributed by atoms with Crippen LogP contribution in [-0.2, 0) is 11.3 Å². The molecule has 0 bridgehead atoms. The van der Waals surface area contributed by atoms with Crippen molar-refractivity contribution in [3.8, 4) is 0 Å². The van der Waals surface area contributed by atoms with Crippen LogP contribution in [0.25, 0.3) is 0 Å². The molecule has 0 aromatic heterocycles. The Kier molecular flexibility index (Phi) is 6.49. The van der Waals surface area contributed by atoms with Gasteiger partial charge in [0.2, 0.25) is 11.3 Å². The third-order valence-corrected chi connectivity index (χ3v) is 2.37. The second-order valence-electron chi connectivity index (χ2n) is 3.57. The maximum absolute atomic E-state index is 10.3. The summed E-state index contributed by atoms with van der Waals surface area (Å²) in [6, 6.07) is 0.933. The van der Waals surface area contributed by atoms with E-state index in [0.717, 1.165) is 6.54 Å². The smallest absolute Gasteiger partial charge is 0.231 e. The van der Waals surface area contributed by atoms with Gasteiger partial charge in [-0.05, 0) is 27.7 Å². The molecule has 13 heavy (non-hydrogen) atoms. The minimum atomic E-state index is -1.89. The molecule has 0 aromatic rings. The van der Waals surface area contributed by atoms with Crippen molar-refractivity contribution in [2.24, 2.45) is 0 Å². The molecule has 0 aromatic carbocycles. The molecule has 5 heteroatoms. The fraction of sp³-hybridized carbons (Fsp3) is 1.00. The average molecular weight is 208 g/mol. The minimum Gasteiger partial charge on any atom is -0.297 e. The van der Waals surface area contributed by atoms with Crippen molar-refractivity contribution in [1.82, 2.24) is 9.62 Å². The highest BCUT2D eigenvalue weighted by atomic mass is 32.2. The number of hydrogen-bond acceptors (Lipinski definition) is 2. The molecule has 2 N–H and O–H groups in total. The Balaban J connectivity index is 3.77. The monoisotopic (exact) mass is 208 g/mol. The van der Waals surface area contributed by atoms with Crippen LogP contribution < -0.4 is 4.72 Å². The molecule has 0 fully saturated rings. The summed E-state index contributed by atoms with van der Waals surface area (Å²) in [5, 5.41) is 0. The van der Waals surface area contributed by atoms with Crippen molar-refractivity contribution < 1.29 is 8.76 Å². The lowest BCUT2D eigenvalue weighted by Crippen LogP contribution is -2.41. The molecule has 1 atom stereocenters. The van der Waals surface area contributed by atoms with Gasteiger partial charge in [0.1, 0.15) is 0 Å². The highest BCUT2D eigenvalue weighted by molar-refractivity contribution is 7.77. The van der Waals surface area contributed by atoms with E-state index in [9.17, 15) is 4.21 Å². The fourth-order valence-electron chi connectivity index (χ4n) is 1.37. The van der Waals surface area contributed by atoms with Crippen LogP contribution in [0.5, 0.6) is 0 Å². The summed E-state index contributed by atoms with van der Waals surface area (Å²) in [6.07, 6.45) is 0. The highest BCUT2D eigenvalue weighted by Crippen LogP contribution is 2.02. The van der Waals surface area contributed by atoms with E-state index in [4.69, 9.17) is 4.55 Å². The molecule has 0 spiro atoms. The molecule has 0 aliphatic rings. The van der Waals surface area contributed by atoms with Crippen LogP contribution in [0.15, 0.2) is 0 Å². The van der Waals surface area contributed by atoms with E-state index in [2.05, 4.69) is 37.3 Å². The molecule has 80 valence electrons. The van der Waals surface area contributed by atoms with E-state index in [1.165, 1.54) is 0 Å². The van der Waals surface area contributed by atoms with Gasteiger partial charge in [-0.3, -0.25) is 9.45 Å². The number of nitrogens with one attached hydrogen (secondary N) is 1. The lowest BCUT2D eigenvalue weighted by atomic mass is 10.2. The summed E-state index contributed by atoms with van der Waals surface area (Å²) in [4.78, 5) is 2.26. The number of hydrogen-bond donors (Lipinski definition) is 2. The fourth-order valence-corrected chi connectivity index (χ4v) is 1.64. The van der Waals surface area contributed by atoms with Gasteiger partial charge < -0.3 is 0 Å². The van der Waals surface area contributed by atoms with Crippen molar-refractivity contribution in [2.75, 3.05) is 13.1 Å². The molecule has 0 aliphatic carbocycles. The Morgan fingerprint density at radius 1 is 1.31 bits per heavy atom. The predicted octanol–water partition coefficient (Wildman–Crippen LogP) is 0.832. The van der Waals surface area contributed by atoms with Crippen molar-refractivity contribution in [2.45, 2.75) is 39.8 Å². The third-order valence-electron chi connectivity index (χ3n) is 1.92. The molecule has 4 nitrogen and oxygen atoms in total. The summed E-state index contributed by atoms with van der Waals surface area (Å²) in [7, 11) is 0. The van der Waals surface area contributed by atoms with Gasteiger partial charge in [-0.1, -0.05) is 0 Å². The minimum absolute atomic E-state index is 0.467. The summed E-state index contributed by atoms with van der Waals surface area (Å²) >= 11 is -1.89. The Labute approximate surface area is 83.1 Å². The maximum atomic E-state index is 10.3. The van der Waals surface area contributed by atoms with Crippen LogP contribution in [0.2, 0.25) is 0 Å². The Bertz CT molecular complexity index is 154. The largest absolute Gasteiger partial charge is 0.297 e. The second kappa shape index (κ2) is 6.48. The first-order chi connectivity index (χ1) is 5.95. The normalized spacial score (nSPS) is 14.5. The lowest BCUT2D eigenvalue weighted by Gasteiger charge is -2.30. The molecule has 0 aliphatic heterocycles. The first kappa shape index (κ1) is 13.0. The van der Waals surface area contributed by atoms with Crippen LogP contribution in [0.4, 0.5) is 0 Å². The third kappa shape index (κ3) is 6.15. The van der Waals surface area contributed by atoms with Gasteiger partial charge in [-0.25, -0.2) is 8.93 Å². The lowest BCUT2D eigenvalue weighted by molar-refractivity contribution is 0.179. The molecule has 1 unspecified atom stereocenters. The summed E-state index contributed by atoms with van der Waals surface area (Å²) < 4.78 is 21.3. The van der Waals surface area contributed by atoms with Gasteiger partial charge in [0, 0.05) is 25.2 Å². The first-order valence-electron chi connectivity index (χ1n) is 4.55. The van der Waals surface area contributed by atoms with E-state index < -0.39 is 11.3 Å². The van der Waals surface area contributed by atoms with Crippen LogP contribution in [0.1, 0.15) is 27.7 Å². The van der Waals surface area contributed by atoms with Gasteiger partial charge in [-0.2, -0.15) is 0 Å². The second-order valence-corrected chi connectivity index (χ2v) is 4.36. The van der Waals surface area contributed by atoms with Gasteiger partial charge in [0.25, 0.3) is 0 Å². The average Bonchev–Trinajstić information content (AvgIpc) is 1.95. The quantitative estimate of drug-likeness (QED) is 0.636. The predicted molar refractivity (Wildman–Crippen MR) is 55.8 cm³/mol. The standard InChI is InChI=1S/C8H20N2O2S/c1-7(2)10(8(3)4)6-5-9-13(11)12/h7-9H,5-6H2,1-4H3,(H,11,12). The number of rotatable bonds is 6. The maximum Gasteiger partial charge on any atom is 0.231 e. The van der Waals surface area contributed by atoms with Crippen molar-refractivity contribution >= 4 is 11.3 Å². The van der Waals surface area contributed by atoms with Gasteiger partial charge in [0.15, 0.2) is 0 Å². The summed E-state index contributed by atoms with van der Waals surface area (Å²) in [5.74, 6) is 0. The zero-order chi connectivity index (χ0) is 10.4. The topological polar surface area (TPSA) is 52.6 Å². The van der Waals surface area contributed by atoms with Crippen molar-refractivity contribution in [3.05, 3.63) is 0 Å². The molecule has 0 saturated heterocycles. The number of nitrogens with zero attached hydrogens (tertiary/aromatic N) is 1. The molecular weight excluding hydrogens is 188 g/mol. The summed E-state index contributed by atoms with van der Waals surface area (Å²) in [5.41, 5.74) is 0. The SMILES string of the molecule is CC(C)N(CCNS(=O)O)C(C)C. The molecule has 0 amide bonds. The van der Waals surface area contributed by atoms with Crippen molar-refractivity contribution in [1.29, 1.82) is 0 Å². The van der Waals surface area contributed by atoms with E-state index >= 15 is 0 Å². The first-order valence-corrected chi connectivity index (χ1v) is 5.66. The molecular formula is C8H20N2O2S. The van der Waals surface area contributed by atoms with E-state index in [1.807, 2.05) is 0 Å². The summed E-state index contributed by atoms with van der Waals surface area (Å²) in [6.45, 7) is 9.82. The zero-order valence-corrected chi connectivity index (χ0v) is 9.60. The van der Waals surface area contributed by atoms with Gasteiger partial charge >= 0.3 is 0 Å². The molecule has 0 heterocycles. The van der Waals surface area contributed by atoms with Gasteiger partial charge in [-0.15, -0.1) is 0 Å². The Morgan fingerprint density at radius 2 is 1.77 bits per heavy atom. The Morgan fingerprint density at radius 3 is 2.08 bits per heavy atom. The highest BCUT2D eigenvalue weighted by Gasteiger charge is 2.12. The molecule has 0 saturated carbocycles. The van der Waals surface area contributed by atoms with E-state index in [-0.39, 0.29) is 0 Å². The van der Waals surface area contributed by atoms with Crippen LogP contribution in [-0.4, -0.2) is 38.8 Å². The van der Waals surface area contributed by atoms with E-state index in [1.54, 1.807) is 0 Å². The van der Waals surface area contributed by atoms with Crippen molar-refractivity contribution in [3.63, 3.8) is 0 Å². The van der Waals surface area contributed by atoms with Crippen LogP contribution >= 0.6 is 0 Å². The Hall–Kier alpha value is 0.0300. The molecule has 0 radical (unpaired) electrons. The zero-order valence-electron chi connectivity index (χ0n) is 8.78. The van der Waals surface area contributed by atoms with E-state index in [0.29, 0.717) is 18.6 Å². The van der Waals surface area contributed by atoms with Crippen LogP contribution in [0.3, 0.4) is 0 Å².